The molecule has 1 aromatic heterocycles. The molecule has 0 bridgehead atoms. The van der Waals surface area contributed by atoms with Crippen LogP contribution in [0.15, 0.2) is 28.7 Å². The fourth-order valence-electron chi connectivity index (χ4n) is 3.71. The van der Waals surface area contributed by atoms with Crippen LogP contribution in [0.25, 0.3) is 11.0 Å². The molecule has 0 radical (unpaired) electrons. The van der Waals surface area contributed by atoms with Gasteiger partial charge in [0.1, 0.15) is 11.3 Å². The molecule has 0 aliphatic heterocycles. The molecule has 2 aromatic rings. The maximum Gasteiger partial charge on any atom is 0.134 e. The maximum atomic E-state index is 6.16. The second-order valence-electron chi connectivity index (χ2n) is 6.37. The summed E-state index contributed by atoms with van der Waals surface area (Å²) >= 11 is 0. The quantitative estimate of drug-likeness (QED) is 0.764. The molecular formula is C19H27NO. The summed E-state index contributed by atoms with van der Waals surface area (Å²) in [6.45, 7) is 4.47. The zero-order chi connectivity index (χ0) is 14.7. The molecule has 1 saturated carbocycles. The molecule has 0 spiro atoms. The number of aryl methyl sites for hydroxylation is 1. The normalized spacial score (nSPS) is 18.8. The first-order valence-corrected chi connectivity index (χ1v) is 8.56. The van der Waals surface area contributed by atoms with E-state index >= 15 is 0 Å². The van der Waals surface area contributed by atoms with Gasteiger partial charge in [-0.25, -0.2) is 0 Å². The van der Waals surface area contributed by atoms with Crippen LogP contribution in [0.3, 0.4) is 0 Å². The van der Waals surface area contributed by atoms with Crippen LogP contribution in [0.1, 0.15) is 69.7 Å². The van der Waals surface area contributed by atoms with Crippen molar-refractivity contribution in [2.24, 2.45) is 0 Å². The van der Waals surface area contributed by atoms with Gasteiger partial charge in [0.2, 0.25) is 0 Å². The number of hydrogen-bond donors (Lipinski definition) is 1. The van der Waals surface area contributed by atoms with Gasteiger partial charge in [-0.3, -0.25) is 0 Å². The van der Waals surface area contributed by atoms with Crippen molar-refractivity contribution < 1.29 is 4.42 Å². The van der Waals surface area contributed by atoms with E-state index in [0.29, 0.717) is 12.1 Å². The highest BCUT2D eigenvalue weighted by atomic mass is 16.3. The van der Waals surface area contributed by atoms with E-state index in [1.54, 1.807) is 0 Å². The Hall–Kier alpha value is -1.28. The van der Waals surface area contributed by atoms with E-state index in [2.05, 4.69) is 43.4 Å². The zero-order valence-corrected chi connectivity index (χ0v) is 13.3. The Labute approximate surface area is 127 Å². The lowest BCUT2D eigenvalue weighted by Gasteiger charge is -2.21. The van der Waals surface area contributed by atoms with Crippen molar-refractivity contribution in [1.29, 1.82) is 0 Å². The lowest BCUT2D eigenvalue weighted by molar-refractivity contribution is 0.372. The molecule has 1 aliphatic rings. The van der Waals surface area contributed by atoms with Crippen LogP contribution < -0.4 is 5.32 Å². The van der Waals surface area contributed by atoms with Crippen molar-refractivity contribution in [3.63, 3.8) is 0 Å². The molecule has 2 nitrogen and oxygen atoms in total. The minimum atomic E-state index is 0.301. The molecule has 1 aliphatic carbocycles. The van der Waals surface area contributed by atoms with E-state index in [9.17, 15) is 0 Å². The highest BCUT2D eigenvalue weighted by Gasteiger charge is 2.21. The van der Waals surface area contributed by atoms with Crippen LogP contribution in [0.4, 0.5) is 0 Å². The Morgan fingerprint density at radius 3 is 2.57 bits per heavy atom. The third kappa shape index (κ3) is 3.16. The Balaban J connectivity index is 1.81. The molecule has 1 unspecified atom stereocenters. The van der Waals surface area contributed by atoms with E-state index in [-0.39, 0.29) is 0 Å². The van der Waals surface area contributed by atoms with Crippen LogP contribution in [0.5, 0.6) is 0 Å². The van der Waals surface area contributed by atoms with Gasteiger partial charge in [0.15, 0.2) is 0 Å². The van der Waals surface area contributed by atoms with Gasteiger partial charge < -0.3 is 9.73 Å². The summed E-state index contributed by atoms with van der Waals surface area (Å²) in [5, 5.41) is 5.10. The topological polar surface area (TPSA) is 25.2 Å². The van der Waals surface area contributed by atoms with E-state index in [0.717, 1.165) is 17.8 Å². The SMILES string of the molecule is CCc1c(C(C)NC2CCCCCC2)oc2ccccc12. The van der Waals surface area contributed by atoms with Gasteiger partial charge in [-0.2, -0.15) is 0 Å². The summed E-state index contributed by atoms with van der Waals surface area (Å²) < 4.78 is 6.16. The summed E-state index contributed by atoms with van der Waals surface area (Å²) in [6.07, 6.45) is 9.19. The van der Waals surface area contributed by atoms with E-state index in [1.807, 2.05) is 0 Å². The first-order valence-electron chi connectivity index (χ1n) is 8.56. The Kier molecular flexibility index (Phi) is 4.64. The van der Waals surface area contributed by atoms with Crippen LogP contribution in [0, 0.1) is 0 Å². The summed E-state index contributed by atoms with van der Waals surface area (Å²) in [6, 6.07) is 9.37. The third-order valence-corrected chi connectivity index (χ3v) is 4.82. The summed E-state index contributed by atoms with van der Waals surface area (Å²) in [5.74, 6) is 1.14. The molecule has 3 rings (SSSR count). The van der Waals surface area contributed by atoms with Crippen molar-refractivity contribution in [3.05, 3.63) is 35.6 Å². The second-order valence-corrected chi connectivity index (χ2v) is 6.37. The highest BCUT2D eigenvalue weighted by Crippen LogP contribution is 2.31. The number of benzene rings is 1. The summed E-state index contributed by atoms with van der Waals surface area (Å²) in [4.78, 5) is 0. The molecule has 114 valence electrons. The molecule has 2 heteroatoms. The van der Waals surface area contributed by atoms with Gasteiger partial charge in [0.25, 0.3) is 0 Å². The minimum absolute atomic E-state index is 0.301. The van der Waals surface area contributed by atoms with Crippen LogP contribution in [0.2, 0.25) is 0 Å². The van der Waals surface area contributed by atoms with E-state index < -0.39 is 0 Å². The maximum absolute atomic E-state index is 6.16. The van der Waals surface area contributed by atoms with Crippen LogP contribution >= 0.6 is 0 Å². The smallest absolute Gasteiger partial charge is 0.134 e. The second kappa shape index (κ2) is 6.65. The average Bonchev–Trinajstić information content (AvgIpc) is 2.69. The standard InChI is InChI=1S/C19H27NO/c1-3-16-17-12-8-9-13-18(17)21-19(16)14(2)20-15-10-6-4-5-7-11-15/h8-9,12-15,20H,3-7,10-11H2,1-2H3. The zero-order valence-electron chi connectivity index (χ0n) is 13.3. The number of furan rings is 1. The van der Waals surface area contributed by atoms with Crippen molar-refractivity contribution in [3.8, 4) is 0 Å². The molecule has 1 fully saturated rings. The predicted molar refractivity (Wildman–Crippen MR) is 88.6 cm³/mol. The van der Waals surface area contributed by atoms with E-state index in [1.165, 1.54) is 49.5 Å². The average molecular weight is 285 g/mol. The number of rotatable bonds is 4. The number of para-hydroxylation sites is 1. The first-order chi connectivity index (χ1) is 10.3. The fourth-order valence-corrected chi connectivity index (χ4v) is 3.71. The number of nitrogens with one attached hydrogen (secondary N) is 1. The molecular weight excluding hydrogens is 258 g/mol. The predicted octanol–water partition coefficient (Wildman–Crippen LogP) is 5.37. The third-order valence-electron chi connectivity index (χ3n) is 4.82. The molecule has 0 saturated heterocycles. The molecule has 1 aromatic carbocycles. The molecule has 1 atom stereocenters. The molecule has 21 heavy (non-hydrogen) atoms. The van der Waals surface area contributed by atoms with Crippen molar-refractivity contribution in [2.75, 3.05) is 0 Å². The lowest BCUT2D eigenvalue weighted by Crippen LogP contribution is -2.31. The first kappa shape index (κ1) is 14.6. The van der Waals surface area contributed by atoms with Crippen molar-refractivity contribution in [1.82, 2.24) is 5.32 Å². The van der Waals surface area contributed by atoms with Gasteiger partial charge in [-0.05, 0) is 32.3 Å². The Morgan fingerprint density at radius 2 is 1.86 bits per heavy atom. The fraction of sp³-hybridized carbons (Fsp3) is 0.579. The van der Waals surface area contributed by atoms with Crippen LogP contribution in [-0.2, 0) is 6.42 Å². The van der Waals surface area contributed by atoms with Gasteiger partial charge in [-0.15, -0.1) is 0 Å². The van der Waals surface area contributed by atoms with Gasteiger partial charge in [0, 0.05) is 17.0 Å². The lowest BCUT2D eigenvalue weighted by atomic mass is 10.0. The van der Waals surface area contributed by atoms with Crippen LogP contribution in [-0.4, -0.2) is 6.04 Å². The molecule has 0 amide bonds. The summed E-state index contributed by atoms with van der Waals surface area (Å²) in [7, 11) is 0. The summed E-state index contributed by atoms with van der Waals surface area (Å²) in [5.41, 5.74) is 2.40. The van der Waals surface area contributed by atoms with E-state index in [4.69, 9.17) is 4.42 Å². The number of hydrogen-bond acceptors (Lipinski definition) is 2. The van der Waals surface area contributed by atoms with Gasteiger partial charge in [-0.1, -0.05) is 50.8 Å². The monoisotopic (exact) mass is 285 g/mol. The minimum Gasteiger partial charge on any atom is -0.459 e. The highest BCUT2D eigenvalue weighted by molar-refractivity contribution is 5.82. The van der Waals surface area contributed by atoms with Crippen molar-refractivity contribution in [2.45, 2.75) is 70.9 Å². The molecule has 1 heterocycles. The van der Waals surface area contributed by atoms with Gasteiger partial charge in [0.05, 0.1) is 6.04 Å². The molecule has 1 N–H and O–H groups in total. The Bertz CT molecular complexity index is 578. The Morgan fingerprint density at radius 1 is 1.14 bits per heavy atom. The number of fused-ring (bicyclic) bond motifs is 1. The van der Waals surface area contributed by atoms with Gasteiger partial charge >= 0.3 is 0 Å². The van der Waals surface area contributed by atoms with Crippen molar-refractivity contribution >= 4 is 11.0 Å². The largest absolute Gasteiger partial charge is 0.459 e.